The third-order valence-corrected chi connectivity index (χ3v) is 4.35. The fourth-order valence-electron chi connectivity index (χ4n) is 3.24. The topological polar surface area (TPSA) is 72.9 Å². The second-order valence-electron chi connectivity index (χ2n) is 5.82. The van der Waals surface area contributed by atoms with E-state index in [1.54, 1.807) is 4.52 Å². The largest absolute Gasteiger partial charge is 0.364 e. The van der Waals surface area contributed by atoms with E-state index in [0.29, 0.717) is 12.1 Å². The van der Waals surface area contributed by atoms with Gasteiger partial charge in [0.25, 0.3) is 0 Å². The van der Waals surface area contributed by atoms with Crippen molar-refractivity contribution in [1.29, 1.82) is 0 Å². The first-order chi connectivity index (χ1) is 10.8. The molecule has 1 fully saturated rings. The molecule has 4 rings (SSSR count). The molecule has 22 heavy (non-hydrogen) atoms. The van der Waals surface area contributed by atoms with Crippen molar-refractivity contribution in [2.24, 2.45) is 0 Å². The molecular formula is C15H19N7. The Morgan fingerprint density at radius 1 is 1.18 bits per heavy atom. The van der Waals surface area contributed by atoms with Crippen molar-refractivity contribution in [2.75, 3.05) is 5.32 Å². The molecule has 114 valence electrons. The molecule has 2 atom stereocenters. The molecule has 3 aromatic rings. The van der Waals surface area contributed by atoms with Crippen LogP contribution in [0, 0.1) is 6.92 Å². The van der Waals surface area contributed by atoms with E-state index in [9.17, 15) is 0 Å². The van der Waals surface area contributed by atoms with Gasteiger partial charge >= 0.3 is 0 Å². The van der Waals surface area contributed by atoms with Crippen LogP contribution in [0.4, 0.5) is 5.82 Å². The third kappa shape index (κ3) is 2.32. The summed E-state index contributed by atoms with van der Waals surface area (Å²) in [5.74, 6) is 1.66. The van der Waals surface area contributed by atoms with Gasteiger partial charge in [-0.3, -0.25) is 4.68 Å². The number of hydrogen-bond donors (Lipinski definition) is 1. The summed E-state index contributed by atoms with van der Waals surface area (Å²) in [5, 5.41) is 20.7. The Balaban J connectivity index is 1.60. The zero-order chi connectivity index (χ0) is 14.9. The van der Waals surface area contributed by atoms with Crippen LogP contribution in [0.3, 0.4) is 0 Å². The number of hydrogen-bond acceptors (Lipinski definition) is 5. The molecule has 0 aliphatic heterocycles. The summed E-state index contributed by atoms with van der Waals surface area (Å²) in [6, 6.07) is 6.62. The van der Waals surface area contributed by atoms with Gasteiger partial charge in [-0.1, -0.05) is 12.8 Å². The van der Waals surface area contributed by atoms with Gasteiger partial charge in [0, 0.05) is 12.4 Å². The van der Waals surface area contributed by atoms with Crippen molar-refractivity contribution in [1.82, 2.24) is 29.6 Å². The van der Waals surface area contributed by atoms with Crippen molar-refractivity contribution in [3.05, 3.63) is 36.4 Å². The van der Waals surface area contributed by atoms with Gasteiger partial charge in [0.15, 0.2) is 11.5 Å². The Labute approximate surface area is 128 Å². The summed E-state index contributed by atoms with van der Waals surface area (Å²) in [6.07, 6.45) is 8.66. The maximum atomic E-state index is 4.60. The van der Waals surface area contributed by atoms with Gasteiger partial charge in [-0.2, -0.15) is 9.61 Å². The highest BCUT2D eigenvalue weighted by atomic mass is 15.4. The average molecular weight is 297 g/mol. The van der Waals surface area contributed by atoms with Crippen LogP contribution in [-0.4, -0.2) is 35.6 Å². The van der Waals surface area contributed by atoms with Crippen LogP contribution in [0.15, 0.2) is 30.6 Å². The standard InChI is InChI=1S/C15H19N7/c1-11-18-19-15-8-7-14(20-22(11)15)17-12-5-2-3-6-13(12)21-10-4-9-16-21/h4,7-10,12-13H,2-3,5-6H2,1H3,(H,17,20)/t12-,13-/m0/s1. The monoisotopic (exact) mass is 297 g/mol. The molecule has 7 nitrogen and oxygen atoms in total. The summed E-state index contributed by atoms with van der Waals surface area (Å²) in [5.41, 5.74) is 0.773. The van der Waals surface area contributed by atoms with Crippen molar-refractivity contribution in [3.8, 4) is 0 Å². The van der Waals surface area contributed by atoms with E-state index in [4.69, 9.17) is 0 Å². The molecule has 1 aliphatic rings. The van der Waals surface area contributed by atoms with Crippen LogP contribution in [0.5, 0.6) is 0 Å². The maximum absolute atomic E-state index is 4.60. The number of nitrogens with zero attached hydrogens (tertiary/aromatic N) is 6. The van der Waals surface area contributed by atoms with E-state index in [-0.39, 0.29) is 0 Å². The van der Waals surface area contributed by atoms with Crippen molar-refractivity contribution >= 4 is 11.5 Å². The average Bonchev–Trinajstić information content (AvgIpc) is 3.19. The Bertz CT molecular complexity index is 761. The molecule has 0 saturated heterocycles. The first-order valence-electron chi connectivity index (χ1n) is 7.76. The molecule has 0 radical (unpaired) electrons. The van der Waals surface area contributed by atoms with Crippen molar-refractivity contribution in [3.63, 3.8) is 0 Å². The third-order valence-electron chi connectivity index (χ3n) is 4.35. The number of nitrogens with one attached hydrogen (secondary N) is 1. The number of anilines is 1. The summed E-state index contributed by atoms with van der Waals surface area (Å²) >= 11 is 0. The lowest BCUT2D eigenvalue weighted by atomic mass is 9.90. The first kappa shape index (κ1) is 13.2. The maximum Gasteiger partial charge on any atom is 0.178 e. The molecule has 1 saturated carbocycles. The summed E-state index contributed by atoms with van der Waals surface area (Å²) < 4.78 is 3.84. The zero-order valence-electron chi connectivity index (χ0n) is 12.6. The minimum atomic E-state index is 0.343. The smallest absolute Gasteiger partial charge is 0.178 e. The predicted octanol–water partition coefficient (Wildman–Crippen LogP) is 2.23. The molecule has 1 aliphatic carbocycles. The number of aromatic nitrogens is 6. The minimum Gasteiger partial charge on any atom is -0.364 e. The SMILES string of the molecule is Cc1nnc2ccc(N[C@H]3CCCC[C@@H]3n3cccn3)nn12. The molecule has 0 bridgehead atoms. The molecule has 7 heteroatoms. The Morgan fingerprint density at radius 2 is 2.09 bits per heavy atom. The molecule has 0 spiro atoms. The first-order valence-corrected chi connectivity index (χ1v) is 7.76. The quantitative estimate of drug-likeness (QED) is 0.802. The van der Waals surface area contributed by atoms with Crippen LogP contribution in [-0.2, 0) is 0 Å². The molecule has 3 heterocycles. The van der Waals surface area contributed by atoms with Gasteiger partial charge in [0.1, 0.15) is 5.82 Å². The number of fused-ring (bicyclic) bond motifs is 1. The highest BCUT2D eigenvalue weighted by Gasteiger charge is 2.27. The van der Waals surface area contributed by atoms with Crippen LogP contribution >= 0.6 is 0 Å². The highest BCUT2D eigenvalue weighted by molar-refractivity contribution is 5.44. The van der Waals surface area contributed by atoms with Gasteiger partial charge in [-0.15, -0.1) is 15.3 Å². The van der Waals surface area contributed by atoms with E-state index in [0.717, 1.165) is 30.1 Å². The lowest BCUT2D eigenvalue weighted by Gasteiger charge is -2.32. The van der Waals surface area contributed by atoms with Crippen LogP contribution in [0.1, 0.15) is 37.5 Å². The summed E-state index contributed by atoms with van der Waals surface area (Å²) in [4.78, 5) is 0. The lowest BCUT2D eigenvalue weighted by Crippen LogP contribution is -2.34. The van der Waals surface area contributed by atoms with Gasteiger partial charge in [0.05, 0.1) is 12.1 Å². The second-order valence-corrected chi connectivity index (χ2v) is 5.82. The zero-order valence-corrected chi connectivity index (χ0v) is 12.6. The Kier molecular flexibility index (Phi) is 3.25. The fourth-order valence-corrected chi connectivity index (χ4v) is 3.24. The van der Waals surface area contributed by atoms with Crippen molar-refractivity contribution in [2.45, 2.75) is 44.7 Å². The predicted molar refractivity (Wildman–Crippen MR) is 82.7 cm³/mol. The molecule has 3 aromatic heterocycles. The Morgan fingerprint density at radius 3 is 2.95 bits per heavy atom. The summed E-state index contributed by atoms with van der Waals surface area (Å²) in [6.45, 7) is 1.91. The summed E-state index contributed by atoms with van der Waals surface area (Å²) in [7, 11) is 0. The molecule has 0 amide bonds. The van der Waals surface area contributed by atoms with Gasteiger partial charge in [0.2, 0.25) is 0 Å². The Hall–Kier alpha value is -2.44. The van der Waals surface area contributed by atoms with Gasteiger partial charge < -0.3 is 5.32 Å². The number of aryl methyl sites for hydroxylation is 1. The lowest BCUT2D eigenvalue weighted by molar-refractivity contribution is 0.300. The normalized spacial score (nSPS) is 22.0. The van der Waals surface area contributed by atoms with E-state index in [1.807, 2.05) is 37.5 Å². The fraction of sp³-hybridized carbons (Fsp3) is 0.467. The number of rotatable bonds is 3. The van der Waals surface area contributed by atoms with E-state index >= 15 is 0 Å². The van der Waals surface area contributed by atoms with E-state index in [1.165, 1.54) is 12.8 Å². The van der Waals surface area contributed by atoms with E-state index in [2.05, 4.69) is 30.4 Å². The minimum absolute atomic E-state index is 0.343. The molecule has 1 N–H and O–H groups in total. The molecule has 0 aromatic carbocycles. The highest BCUT2D eigenvalue weighted by Crippen LogP contribution is 2.30. The second kappa shape index (κ2) is 5.40. The van der Waals surface area contributed by atoms with Gasteiger partial charge in [-0.05, 0) is 38.0 Å². The van der Waals surface area contributed by atoms with Crippen molar-refractivity contribution < 1.29 is 0 Å². The van der Waals surface area contributed by atoms with Crippen LogP contribution in [0.25, 0.3) is 5.65 Å². The van der Waals surface area contributed by atoms with E-state index < -0.39 is 0 Å². The molecule has 0 unspecified atom stereocenters. The van der Waals surface area contributed by atoms with Gasteiger partial charge in [-0.25, -0.2) is 0 Å². The van der Waals surface area contributed by atoms with Crippen LogP contribution in [0.2, 0.25) is 0 Å². The molecular weight excluding hydrogens is 278 g/mol. The van der Waals surface area contributed by atoms with Crippen LogP contribution < -0.4 is 5.32 Å².